The number of alkyl halides is 1. The van der Waals surface area contributed by atoms with E-state index in [1.165, 1.54) is 12.1 Å². The van der Waals surface area contributed by atoms with Crippen LogP contribution in [0.25, 0.3) is 0 Å². The summed E-state index contributed by atoms with van der Waals surface area (Å²) in [6, 6.07) is 3.62. The van der Waals surface area contributed by atoms with E-state index in [1.807, 2.05) is 0 Å². The Morgan fingerprint density at radius 3 is 2.65 bits per heavy atom. The number of nitrogens with zero attached hydrogens (tertiary/aromatic N) is 2. The van der Waals surface area contributed by atoms with E-state index in [9.17, 15) is 14.5 Å². The molecule has 0 aliphatic carbocycles. The number of rotatable bonds is 6. The molecule has 4 nitrogen and oxygen atoms in total. The fourth-order valence-electron chi connectivity index (χ4n) is 1.48. The number of benzene rings is 1. The molecule has 0 fully saturated rings. The number of nitro groups is 1. The van der Waals surface area contributed by atoms with E-state index >= 15 is 0 Å². The molecule has 0 atom stereocenters. The molecule has 2 radical (unpaired) electrons. The van der Waals surface area contributed by atoms with Gasteiger partial charge in [-0.25, -0.2) is 4.39 Å². The number of nitro benzene ring substituents is 1. The van der Waals surface area contributed by atoms with Crippen LogP contribution >= 0.6 is 15.9 Å². The molecule has 0 heterocycles. The van der Waals surface area contributed by atoms with E-state index in [1.54, 1.807) is 4.90 Å². The van der Waals surface area contributed by atoms with Crippen molar-refractivity contribution < 1.29 is 9.31 Å². The van der Waals surface area contributed by atoms with E-state index in [0.717, 1.165) is 6.07 Å². The van der Waals surface area contributed by atoms with Crippen molar-refractivity contribution in [2.45, 2.75) is 6.32 Å². The molecule has 0 saturated heterocycles. The van der Waals surface area contributed by atoms with Crippen LogP contribution in [0, 0.1) is 15.9 Å². The van der Waals surface area contributed by atoms with Gasteiger partial charge in [0.2, 0.25) is 0 Å². The highest BCUT2D eigenvalue weighted by Gasteiger charge is 2.14. The van der Waals surface area contributed by atoms with Crippen molar-refractivity contribution in [3.05, 3.63) is 34.1 Å². The van der Waals surface area contributed by atoms with Crippen LogP contribution in [0.3, 0.4) is 0 Å². The van der Waals surface area contributed by atoms with Gasteiger partial charge in [0.1, 0.15) is 0 Å². The van der Waals surface area contributed by atoms with Crippen molar-refractivity contribution in [1.82, 2.24) is 0 Å². The van der Waals surface area contributed by atoms with Gasteiger partial charge in [-0.15, -0.1) is 0 Å². The first kappa shape index (κ1) is 14.0. The summed E-state index contributed by atoms with van der Waals surface area (Å²) >= 11 is 3.27. The predicted molar refractivity (Wildman–Crippen MR) is 69.6 cm³/mol. The van der Waals surface area contributed by atoms with Gasteiger partial charge in [-0.1, -0.05) is 22.3 Å². The summed E-state index contributed by atoms with van der Waals surface area (Å²) in [7, 11) is 5.44. The van der Waals surface area contributed by atoms with Crippen LogP contribution in [0.4, 0.5) is 15.8 Å². The lowest BCUT2D eigenvalue weighted by molar-refractivity contribution is -0.385. The number of anilines is 1. The maximum atomic E-state index is 13.7. The third kappa shape index (κ3) is 3.69. The molecular formula is C10H11BBrFN2O2. The van der Waals surface area contributed by atoms with Crippen molar-refractivity contribution in [1.29, 1.82) is 0 Å². The second kappa shape index (κ2) is 6.59. The monoisotopic (exact) mass is 300 g/mol. The van der Waals surface area contributed by atoms with Gasteiger partial charge in [0.15, 0.2) is 5.82 Å². The number of hydrogen-bond acceptors (Lipinski definition) is 3. The Morgan fingerprint density at radius 1 is 1.47 bits per heavy atom. The zero-order valence-electron chi connectivity index (χ0n) is 9.10. The quantitative estimate of drug-likeness (QED) is 0.351. The van der Waals surface area contributed by atoms with Crippen molar-refractivity contribution >= 4 is 35.2 Å². The van der Waals surface area contributed by atoms with Gasteiger partial charge in [-0.3, -0.25) is 10.1 Å². The Labute approximate surface area is 108 Å². The van der Waals surface area contributed by atoms with Crippen LogP contribution in [-0.2, 0) is 0 Å². The zero-order chi connectivity index (χ0) is 12.8. The molecule has 1 aromatic carbocycles. The molecule has 0 amide bonds. The van der Waals surface area contributed by atoms with E-state index in [2.05, 4.69) is 15.9 Å². The SMILES string of the molecule is [B]CCN(CCBr)c1ccc([N+](=O)[O-])cc1F. The summed E-state index contributed by atoms with van der Waals surface area (Å²) in [5.74, 6) is -0.603. The average Bonchev–Trinajstić information content (AvgIpc) is 2.28. The second-order valence-corrected chi connectivity index (χ2v) is 4.15. The molecule has 0 N–H and O–H groups in total. The molecule has 0 spiro atoms. The van der Waals surface area contributed by atoms with E-state index in [-0.39, 0.29) is 5.69 Å². The molecule has 0 unspecified atom stereocenters. The van der Waals surface area contributed by atoms with Gasteiger partial charge >= 0.3 is 0 Å². The van der Waals surface area contributed by atoms with E-state index in [4.69, 9.17) is 7.85 Å². The first-order chi connectivity index (χ1) is 8.10. The maximum Gasteiger partial charge on any atom is 0.272 e. The fourth-order valence-corrected chi connectivity index (χ4v) is 1.90. The van der Waals surface area contributed by atoms with Crippen LogP contribution in [0.5, 0.6) is 0 Å². The topological polar surface area (TPSA) is 46.4 Å². The lowest BCUT2D eigenvalue weighted by atomic mass is 10.0. The Kier molecular flexibility index (Phi) is 5.41. The summed E-state index contributed by atoms with van der Waals surface area (Å²) in [5.41, 5.74) is 0.0818. The Balaban J connectivity index is 2.99. The molecule has 0 aliphatic heterocycles. The lowest BCUT2D eigenvalue weighted by Gasteiger charge is -2.23. The Hall–Kier alpha value is -1.11. The minimum Gasteiger partial charge on any atom is -0.369 e. The Morgan fingerprint density at radius 2 is 2.18 bits per heavy atom. The Bertz CT molecular complexity index is 400. The van der Waals surface area contributed by atoms with Gasteiger partial charge in [0.05, 0.1) is 24.5 Å². The largest absolute Gasteiger partial charge is 0.369 e. The third-order valence-corrected chi connectivity index (χ3v) is 2.59. The van der Waals surface area contributed by atoms with Crippen LogP contribution in [0.2, 0.25) is 6.32 Å². The average molecular weight is 301 g/mol. The van der Waals surface area contributed by atoms with Gasteiger partial charge in [-0.2, -0.15) is 0 Å². The molecule has 0 saturated carbocycles. The molecule has 0 bridgehead atoms. The number of hydrogen-bond donors (Lipinski definition) is 0. The van der Waals surface area contributed by atoms with Gasteiger partial charge in [0.25, 0.3) is 5.69 Å². The summed E-state index contributed by atoms with van der Waals surface area (Å²) in [6.45, 7) is 1.09. The molecule has 90 valence electrons. The molecule has 1 aromatic rings. The lowest BCUT2D eigenvalue weighted by Crippen LogP contribution is -2.27. The first-order valence-electron chi connectivity index (χ1n) is 5.05. The number of halogens is 2. The standard InChI is InChI=1S/C10H11BBrFN2O2/c11-3-5-14(6-4-12)10-2-1-8(15(16)17)7-9(10)13/h1-2,7H,3-6H2. The zero-order valence-corrected chi connectivity index (χ0v) is 10.7. The highest BCUT2D eigenvalue weighted by Crippen LogP contribution is 2.24. The first-order valence-corrected chi connectivity index (χ1v) is 6.17. The van der Waals surface area contributed by atoms with Crippen molar-refractivity contribution in [2.75, 3.05) is 23.3 Å². The van der Waals surface area contributed by atoms with Crippen LogP contribution in [0.1, 0.15) is 0 Å². The van der Waals surface area contributed by atoms with Crippen LogP contribution < -0.4 is 4.90 Å². The van der Waals surface area contributed by atoms with Gasteiger partial charge < -0.3 is 4.90 Å². The summed E-state index contributed by atoms with van der Waals surface area (Å²) in [5, 5.41) is 11.2. The maximum absolute atomic E-state index is 13.7. The van der Waals surface area contributed by atoms with Gasteiger partial charge in [0, 0.05) is 24.5 Å². The molecule has 1 rings (SSSR count). The summed E-state index contributed by atoms with van der Waals surface area (Å²) in [4.78, 5) is 11.6. The second-order valence-electron chi connectivity index (χ2n) is 3.36. The predicted octanol–water partition coefficient (Wildman–Crippen LogP) is 2.52. The van der Waals surface area contributed by atoms with Crippen LogP contribution in [-0.4, -0.2) is 31.2 Å². The minimum atomic E-state index is -0.620. The highest BCUT2D eigenvalue weighted by molar-refractivity contribution is 9.09. The number of non-ortho nitro benzene ring substituents is 1. The van der Waals surface area contributed by atoms with Crippen molar-refractivity contribution in [3.63, 3.8) is 0 Å². The third-order valence-electron chi connectivity index (χ3n) is 2.24. The minimum absolute atomic E-state index is 0.252. The van der Waals surface area contributed by atoms with E-state index in [0.29, 0.717) is 30.4 Å². The van der Waals surface area contributed by atoms with E-state index < -0.39 is 10.7 Å². The smallest absolute Gasteiger partial charge is 0.272 e. The van der Waals surface area contributed by atoms with Crippen molar-refractivity contribution in [2.24, 2.45) is 0 Å². The molecule has 17 heavy (non-hydrogen) atoms. The van der Waals surface area contributed by atoms with Crippen LogP contribution in [0.15, 0.2) is 18.2 Å². The molecule has 7 heteroatoms. The molecular weight excluding hydrogens is 290 g/mol. The van der Waals surface area contributed by atoms with Gasteiger partial charge in [-0.05, 0) is 6.07 Å². The molecule has 0 aromatic heterocycles. The summed E-state index contributed by atoms with van der Waals surface area (Å²) < 4.78 is 13.7. The normalized spacial score (nSPS) is 10.2. The summed E-state index contributed by atoms with van der Waals surface area (Å²) in [6.07, 6.45) is 0.392. The molecule has 0 aliphatic rings. The van der Waals surface area contributed by atoms with Crippen molar-refractivity contribution in [3.8, 4) is 0 Å². The highest BCUT2D eigenvalue weighted by atomic mass is 79.9. The fraction of sp³-hybridized carbons (Fsp3) is 0.400.